The molecule has 1 unspecified atom stereocenters. The molecule has 0 aromatic heterocycles. The predicted molar refractivity (Wildman–Crippen MR) is 41.5 cm³/mol. The van der Waals surface area contributed by atoms with Crippen LogP contribution in [0, 0.1) is 0 Å². The van der Waals surface area contributed by atoms with Crippen LogP contribution in [0.5, 0.6) is 0 Å². The zero-order chi connectivity index (χ0) is 7.28. The van der Waals surface area contributed by atoms with E-state index in [1.54, 1.807) is 6.08 Å². The highest BCUT2D eigenvalue weighted by atomic mass is 32.2. The SMILES string of the molecule is C=CCN[S+]([O-])C(C)C. The van der Waals surface area contributed by atoms with Crippen molar-refractivity contribution in [3.8, 4) is 0 Å². The van der Waals surface area contributed by atoms with Crippen molar-refractivity contribution in [2.75, 3.05) is 6.54 Å². The van der Waals surface area contributed by atoms with Crippen LogP contribution in [-0.4, -0.2) is 16.3 Å². The van der Waals surface area contributed by atoms with E-state index < -0.39 is 11.4 Å². The summed E-state index contributed by atoms with van der Waals surface area (Å²) in [5.74, 6) is 0. The molecule has 0 aliphatic carbocycles. The molecule has 0 saturated heterocycles. The summed E-state index contributed by atoms with van der Waals surface area (Å²) in [5, 5.41) is 0.185. The first-order valence-electron chi connectivity index (χ1n) is 2.93. The number of rotatable bonds is 4. The van der Waals surface area contributed by atoms with Crippen LogP contribution in [0.2, 0.25) is 0 Å². The molecule has 0 spiro atoms. The fourth-order valence-electron chi connectivity index (χ4n) is 0.308. The van der Waals surface area contributed by atoms with Crippen molar-refractivity contribution in [2.45, 2.75) is 19.1 Å². The van der Waals surface area contributed by atoms with Crippen LogP contribution in [0.15, 0.2) is 12.7 Å². The predicted octanol–water partition coefficient (Wildman–Crippen LogP) is 0.834. The van der Waals surface area contributed by atoms with Crippen LogP contribution in [0.4, 0.5) is 0 Å². The van der Waals surface area contributed by atoms with E-state index in [4.69, 9.17) is 0 Å². The molecule has 0 aliphatic rings. The lowest BCUT2D eigenvalue weighted by molar-refractivity contribution is 0.575. The van der Waals surface area contributed by atoms with Crippen LogP contribution < -0.4 is 4.72 Å². The van der Waals surface area contributed by atoms with Crippen LogP contribution >= 0.6 is 0 Å². The van der Waals surface area contributed by atoms with E-state index >= 15 is 0 Å². The van der Waals surface area contributed by atoms with E-state index in [0.29, 0.717) is 6.54 Å². The standard InChI is InChI=1S/C6H13NOS/c1-4-5-7-9(8)6(2)3/h4,6-7H,1,5H2,2-3H3. The van der Waals surface area contributed by atoms with Gasteiger partial charge in [0, 0.05) is 11.4 Å². The molecule has 9 heavy (non-hydrogen) atoms. The van der Waals surface area contributed by atoms with E-state index in [0.717, 1.165) is 0 Å². The molecule has 2 nitrogen and oxygen atoms in total. The maximum Gasteiger partial charge on any atom is 0.129 e. The summed E-state index contributed by atoms with van der Waals surface area (Å²) < 4.78 is 13.6. The number of hydrogen-bond acceptors (Lipinski definition) is 2. The third-order valence-electron chi connectivity index (χ3n) is 0.798. The Kier molecular flexibility index (Phi) is 4.85. The Morgan fingerprint density at radius 2 is 2.33 bits per heavy atom. The molecule has 3 heteroatoms. The van der Waals surface area contributed by atoms with Gasteiger partial charge in [-0.25, -0.2) is 0 Å². The summed E-state index contributed by atoms with van der Waals surface area (Å²) in [7, 11) is 0. The monoisotopic (exact) mass is 147 g/mol. The molecule has 0 heterocycles. The van der Waals surface area contributed by atoms with Gasteiger partial charge in [0.05, 0.1) is 6.54 Å². The highest BCUT2D eigenvalue weighted by molar-refractivity contribution is 7.90. The second kappa shape index (κ2) is 4.85. The Morgan fingerprint density at radius 3 is 2.67 bits per heavy atom. The minimum atomic E-state index is -0.893. The van der Waals surface area contributed by atoms with E-state index in [-0.39, 0.29) is 5.25 Å². The minimum Gasteiger partial charge on any atom is -0.598 e. The zero-order valence-corrected chi connectivity index (χ0v) is 6.70. The van der Waals surface area contributed by atoms with E-state index in [9.17, 15) is 4.55 Å². The van der Waals surface area contributed by atoms with Gasteiger partial charge in [-0.15, -0.1) is 11.3 Å². The van der Waals surface area contributed by atoms with Crippen molar-refractivity contribution >= 4 is 11.4 Å². The van der Waals surface area contributed by atoms with Crippen molar-refractivity contribution in [1.82, 2.24) is 4.72 Å². The number of nitrogens with one attached hydrogen (secondary N) is 1. The van der Waals surface area contributed by atoms with Crippen molar-refractivity contribution in [3.63, 3.8) is 0 Å². The van der Waals surface area contributed by atoms with E-state index in [1.165, 1.54) is 0 Å². The molecule has 1 atom stereocenters. The molecule has 0 rings (SSSR count). The summed E-state index contributed by atoms with van der Waals surface area (Å²) in [6.45, 7) is 7.93. The molecular formula is C6H13NOS. The van der Waals surface area contributed by atoms with Gasteiger partial charge in [0.1, 0.15) is 5.25 Å². The largest absolute Gasteiger partial charge is 0.598 e. The van der Waals surface area contributed by atoms with Gasteiger partial charge in [-0.2, -0.15) is 0 Å². The maximum atomic E-state index is 10.9. The zero-order valence-electron chi connectivity index (χ0n) is 5.89. The smallest absolute Gasteiger partial charge is 0.129 e. The first-order valence-corrected chi connectivity index (χ1v) is 4.14. The molecular weight excluding hydrogens is 134 g/mol. The Hall–Kier alpha value is 0.01000. The summed E-state index contributed by atoms with van der Waals surface area (Å²) in [5.41, 5.74) is 0. The van der Waals surface area contributed by atoms with Gasteiger partial charge in [0.15, 0.2) is 0 Å². The van der Waals surface area contributed by atoms with Crippen LogP contribution in [0.3, 0.4) is 0 Å². The van der Waals surface area contributed by atoms with Crippen molar-refractivity contribution in [1.29, 1.82) is 0 Å². The lowest BCUT2D eigenvalue weighted by Gasteiger charge is -2.12. The first-order chi connectivity index (χ1) is 4.18. The summed E-state index contributed by atoms with van der Waals surface area (Å²) >= 11 is -0.893. The molecule has 0 bridgehead atoms. The molecule has 0 saturated carbocycles. The van der Waals surface area contributed by atoms with Gasteiger partial charge in [0.2, 0.25) is 0 Å². The lowest BCUT2D eigenvalue weighted by Crippen LogP contribution is -2.30. The lowest BCUT2D eigenvalue weighted by atomic mass is 10.6. The Morgan fingerprint density at radius 1 is 1.78 bits per heavy atom. The summed E-state index contributed by atoms with van der Waals surface area (Å²) in [6, 6.07) is 0. The minimum absolute atomic E-state index is 0.185. The average molecular weight is 147 g/mol. The summed E-state index contributed by atoms with van der Waals surface area (Å²) in [6.07, 6.45) is 1.69. The molecule has 0 aromatic carbocycles. The van der Waals surface area contributed by atoms with Gasteiger partial charge in [-0.05, 0) is 13.8 Å². The number of hydrogen-bond donors (Lipinski definition) is 1. The Bertz CT molecular complexity index is 85.1. The molecule has 54 valence electrons. The molecule has 1 N–H and O–H groups in total. The second-order valence-electron chi connectivity index (χ2n) is 1.98. The highest BCUT2D eigenvalue weighted by Crippen LogP contribution is 1.94. The van der Waals surface area contributed by atoms with Gasteiger partial charge in [-0.1, -0.05) is 6.08 Å². The first kappa shape index (κ1) is 9.01. The average Bonchev–Trinajstić information content (AvgIpc) is 1.82. The van der Waals surface area contributed by atoms with Crippen molar-refractivity contribution in [3.05, 3.63) is 12.7 Å². The maximum absolute atomic E-state index is 10.9. The molecule has 0 amide bonds. The molecule has 0 aromatic rings. The molecule has 0 radical (unpaired) electrons. The fraction of sp³-hybridized carbons (Fsp3) is 0.667. The van der Waals surface area contributed by atoms with Gasteiger partial charge >= 0.3 is 0 Å². The Labute approximate surface area is 59.7 Å². The van der Waals surface area contributed by atoms with E-state index in [2.05, 4.69) is 11.3 Å². The van der Waals surface area contributed by atoms with Gasteiger partial charge in [-0.3, -0.25) is 0 Å². The van der Waals surface area contributed by atoms with E-state index in [1.807, 2.05) is 13.8 Å². The second-order valence-corrected chi connectivity index (χ2v) is 3.81. The van der Waals surface area contributed by atoms with Crippen LogP contribution in [0.1, 0.15) is 13.8 Å². The van der Waals surface area contributed by atoms with Crippen molar-refractivity contribution < 1.29 is 4.55 Å². The topological polar surface area (TPSA) is 35.1 Å². The van der Waals surface area contributed by atoms with Gasteiger partial charge < -0.3 is 4.55 Å². The Balaban J connectivity index is 3.26. The van der Waals surface area contributed by atoms with Crippen LogP contribution in [-0.2, 0) is 11.4 Å². The van der Waals surface area contributed by atoms with Gasteiger partial charge in [0.25, 0.3) is 0 Å². The highest BCUT2D eigenvalue weighted by Gasteiger charge is 2.08. The third-order valence-corrected chi connectivity index (χ3v) is 2.11. The molecule has 0 aliphatic heterocycles. The van der Waals surface area contributed by atoms with Crippen LogP contribution in [0.25, 0.3) is 0 Å². The third kappa shape index (κ3) is 4.51. The quantitative estimate of drug-likeness (QED) is 0.472. The summed E-state index contributed by atoms with van der Waals surface area (Å²) in [4.78, 5) is 0. The fourth-order valence-corrected chi connectivity index (χ4v) is 0.923. The van der Waals surface area contributed by atoms with Crippen molar-refractivity contribution in [2.24, 2.45) is 0 Å². The molecule has 0 fully saturated rings. The normalized spacial score (nSPS) is 13.8.